The first kappa shape index (κ1) is 26.5. The summed E-state index contributed by atoms with van der Waals surface area (Å²) in [7, 11) is -3.79. The van der Waals surface area contributed by atoms with Crippen molar-refractivity contribution in [2.45, 2.75) is 24.1 Å². The van der Waals surface area contributed by atoms with E-state index in [1.807, 2.05) is 54.6 Å². The zero-order valence-electron chi connectivity index (χ0n) is 20.6. The Labute approximate surface area is 233 Å². The van der Waals surface area contributed by atoms with Crippen LogP contribution in [0.4, 0.5) is 0 Å². The topological polar surface area (TPSA) is 110 Å². The molecule has 0 spiro atoms. The normalized spacial score (nSPS) is 11.4. The lowest BCUT2D eigenvalue weighted by Gasteiger charge is -2.14. The average molecular weight is 574 g/mol. The van der Waals surface area contributed by atoms with Gasteiger partial charge in [0.1, 0.15) is 21.1 Å². The summed E-state index contributed by atoms with van der Waals surface area (Å²) in [5, 5.41) is 9.84. The van der Waals surface area contributed by atoms with Gasteiger partial charge >= 0.3 is 0 Å². The van der Waals surface area contributed by atoms with Crippen molar-refractivity contribution in [2.75, 3.05) is 0 Å². The fourth-order valence-corrected chi connectivity index (χ4v) is 7.03. The van der Waals surface area contributed by atoms with Gasteiger partial charge in [0.05, 0.1) is 22.1 Å². The monoisotopic (exact) mass is 573 g/mol. The van der Waals surface area contributed by atoms with Crippen LogP contribution in [0.3, 0.4) is 0 Å². The van der Waals surface area contributed by atoms with Crippen molar-refractivity contribution < 1.29 is 13.2 Å². The summed E-state index contributed by atoms with van der Waals surface area (Å²) >= 11 is 7.17. The largest absolute Gasteiger partial charge is 0.333 e. The number of nitrogens with zero attached hydrogens (tertiary/aromatic N) is 3. The maximum atomic E-state index is 13.1. The van der Waals surface area contributed by atoms with Gasteiger partial charge in [0.2, 0.25) is 5.43 Å². The molecule has 0 aliphatic carbocycles. The van der Waals surface area contributed by atoms with Crippen molar-refractivity contribution in [3.8, 4) is 17.2 Å². The van der Waals surface area contributed by atoms with Crippen LogP contribution < -0.4 is 5.43 Å². The molecule has 0 bridgehead atoms. The number of ketones is 1. The predicted molar refractivity (Wildman–Crippen MR) is 152 cm³/mol. The number of nitriles is 1. The number of sulfone groups is 1. The number of carbonyl (C=O) groups is 1. The lowest BCUT2D eigenvalue weighted by molar-refractivity contribution is 0.101. The Kier molecular flexibility index (Phi) is 7.19. The Morgan fingerprint density at radius 1 is 1.05 bits per heavy atom. The van der Waals surface area contributed by atoms with Gasteiger partial charge < -0.3 is 4.57 Å². The van der Waals surface area contributed by atoms with E-state index >= 15 is 0 Å². The van der Waals surface area contributed by atoms with Crippen LogP contribution in [0.25, 0.3) is 21.5 Å². The number of rotatable bonds is 7. The van der Waals surface area contributed by atoms with E-state index in [4.69, 9.17) is 16.9 Å². The second-order valence-corrected chi connectivity index (χ2v) is 12.4. The number of hydrogen-bond acceptors (Lipinski definition) is 7. The molecular weight excluding hydrogens is 554 g/mol. The number of aromatic nitrogens is 2. The smallest absolute Gasteiger partial charge is 0.219 e. The van der Waals surface area contributed by atoms with Crippen LogP contribution in [0.1, 0.15) is 33.4 Å². The highest BCUT2D eigenvalue weighted by Gasteiger charge is 2.22. The molecule has 10 heteroatoms. The Morgan fingerprint density at radius 3 is 2.41 bits per heavy atom. The van der Waals surface area contributed by atoms with Crippen molar-refractivity contribution in [3.63, 3.8) is 0 Å². The van der Waals surface area contributed by atoms with Gasteiger partial charge in [-0.25, -0.2) is 13.4 Å². The Bertz CT molecular complexity index is 1940. The first-order chi connectivity index (χ1) is 18.7. The highest BCUT2D eigenvalue weighted by Crippen LogP contribution is 2.29. The minimum atomic E-state index is -3.79. The van der Waals surface area contributed by atoms with Crippen molar-refractivity contribution >= 4 is 48.9 Å². The number of fused-ring (bicyclic) bond motifs is 1. The quantitative estimate of drug-likeness (QED) is 0.225. The van der Waals surface area contributed by atoms with Crippen molar-refractivity contribution in [3.05, 3.63) is 116 Å². The highest BCUT2D eigenvalue weighted by molar-refractivity contribution is 7.90. The van der Waals surface area contributed by atoms with E-state index in [1.54, 1.807) is 4.57 Å². The van der Waals surface area contributed by atoms with Crippen LogP contribution in [-0.4, -0.2) is 23.8 Å². The number of thiazole rings is 1. The number of pyridine rings is 1. The third kappa shape index (κ3) is 5.40. The molecule has 3 aromatic carbocycles. The van der Waals surface area contributed by atoms with Gasteiger partial charge in [0.25, 0.3) is 0 Å². The molecule has 0 fully saturated rings. The first-order valence-corrected chi connectivity index (χ1v) is 14.6. The van der Waals surface area contributed by atoms with E-state index in [1.165, 1.54) is 37.4 Å². The number of carbonyl (C=O) groups excluding carboxylic acids is 1. The lowest BCUT2D eigenvalue weighted by atomic mass is 9.99. The molecule has 0 aliphatic heterocycles. The van der Waals surface area contributed by atoms with Crippen LogP contribution in [0.2, 0.25) is 5.02 Å². The van der Waals surface area contributed by atoms with Gasteiger partial charge in [0.15, 0.2) is 15.6 Å². The van der Waals surface area contributed by atoms with Crippen LogP contribution in [0.15, 0.2) is 88.7 Å². The Balaban J connectivity index is 1.59. The molecule has 5 aromatic rings. The number of halogens is 1. The van der Waals surface area contributed by atoms with Crippen LogP contribution in [0.5, 0.6) is 0 Å². The van der Waals surface area contributed by atoms with Crippen molar-refractivity contribution in [1.29, 1.82) is 5.26 Å². The van der Waals surface area contributed by atoms with Gasteiger partial charge in [0, 0.05) is 17.8 Å². The van der Waals surface area contributed by atoms with Gasteiger partial charge in [-0.05, 0) is 60.0 Å². The molecule has 2 heterocycles. The number of Topliss-reactive ketones (excluding diaryl/α,β-unsaturated/α-hetero) is 1. The summed E-state index contributed by atoms with van der Waals surface area (Å²) in [6.45, 7) is 1.64. The Morgan fingerprint density at radius 2 is 1.74 bits per heavy atom. The van der Waals surface area contributed by atoms with E-state index in [0.29, 0.717) is 22.0 Å². The molecule has 0 saturated carbocycles. The molecule has 0 N–H and O–H groups in total. The minimum absolute atomic E-state index is 0.0155. The van der Waals surface area contributed by atoms with Crippen LogP contribution >= 0.6 is 22.9 Å². The molecule has 0 atom stereocenters. The molecule has 0 aliphatic rings. The van der Waals surface area contributed by atoms with E-state index in [9.17, 15) is 18.0 Å². The summed E-state index contributed by atoms with van der Waals surface area (Å²) in [6.07, 6.45) is 1.52. The third-order valence-electron chi connectivity index (χ3n) is 6.21. The zero-order valence-corrected chi connectivity index (χ0v) is 23.0. The molecule has 0 radical (unpaired) electrons. The van der Waals surface area contributed by atoms with Gasteiger partial charge in [-0.1, -0.05) is 59.3 Å². The molecule has 7 nitrogen and oxygen atoms in total. The summed E-state index contributed by atoms with van der Waals surface area (Å²) in [6, 6.07) is 22.8. The molecule has 194 valence electrons. The Hall–Kier alpha value is -4.10. The second kappa shape index (κ2) is 10.6. The van der Waals surface area contributed by atoms with Gasteiger partial charge in [-0.15, -0.1) is 0 Å². The third-order valence-corrected chi connectivity index (χ3v) is 9.38. The molecule has 2 aromatic heterocycles. The van der Waals surface area contributed by atoms with Crippen LogP contribution in [0, 0.1) is 11.3 Å². The SMILES string of the molecule is CC(=O)c1cn(Cc2ccccc2-c2ccc(Cl)cc2)c2sc(CS(=O)(=O)c3ccc(C#N)cc3)nc2c1=O. The number of hydrogen-bond donors (Lipinski definition) is 0. The fraction of sp³-hybridized carbons (Fsp3) is 0.103. The van der Waals surface area contributed by atoms with Gasteiger partial charge in [-0.2, -0.15) is 5.26 Å². The molecular formula is C29H20ClN3O4S2. The zero-order chi connectivity index (χ0) is 27.7. The maximum Gasteiger partial charge on any atom is 0.219 e. The first-order valence-electron chi connectivity index (χ1n) is 11.8. The summed E-state index contributed by atoms with van der Waals surface area (Å²) in [4.78, 5) is 30.4. The molecule has 39 heavy (non-hydrogen) atoms. The minimum Gasteiger partial charge on any atom is -0.333 e. The molecule has 5 rings (SSSR count). The van der Waals surface area contributed by atoms with E-state index < -0.39 is 26.8 Å². The average Bonchev–Trinajstić information content (AvgIpc) is 3.35. The van der Waals surface area contributed by atoms with Gasteiger partial charge in [-0.3, -0.25) is 9.59 Å². The van der Waals surface area contributed by atoms with Crippen LogP contribution in [-0.2, 0) is 22.1 Å². The molecule has 0 saturated heterocycles. The lowest BCUT2D eigenvalue weighted by Crippen LogP contribution is -2.18. The fourth-order valence-electron chi connectivity index (χ4n) is 4.26. The van der Waals surface area contributed by atoms with E-state index in [-0.39, 0.29) is 21.0 Å². The summed E-state index contributed by atoms with van der Waals surface area (Å²) < 4.78 is 27.9. The van der Waals surface area contributed by atoms with Crippen molar-refractivity contribution in [2.24, 2.45) is 0 Å². The highest BCUT2D eigenvalue weighted by atomic mass is 35.5. The standard InChI is InChI=1S/C29H20ClN3O4S2/c1-18(34)25-16-33(15-21-4-2-3-5-24(21)20-8-10-22(30)11-9-20)29-27(28(25)35)32-26(38-29)17-39(36,37)23-12-6-19(14-31)7-13-23/h2-13,16H,15,17H2,1H3. The maximum absolute atomic E-state index is 13.1. The molecule has 0 amide bonds. The summed E-state index contributed by atoms with van der Waals surface area (Å²) in [5.74, 6) is -0.824. The summed E-state index contributed by atoms with van der Waals surface area (Å²) in [5.41, 5.74) is 2.70. The van der Waals surface area contributed by atoms with E-state index in [0.717, 1.165) is 28.0 Å². The van der Waals surface area contributed by atoms with E-state index in [2.05, 4.69) is 4.98 Å². The second-order valence-electron chi connectivity index (χ2n) is 8.88. The predicted octanol–water partition coefficient (Wildman–Crippen LogP) is 5.87. The molecule has 0 unspecified atom stereocenters. The van der Waals surface area contributed by atoms with Crippen molar-refractivity contribution in [1.82, 2.24) is 9.55 Å². The number of benzene rings is 3.